The van der Waals surface area contributed by atoms with Gasteiger partial charge in [-0.15, -0.1) is 0 Å². The zero-order valence-corrected chi connectivity index (χ0v) is 9.61. The first-order chi connectivity index (χ1) is 8.83. The molecule has 3 aromatic heterocycles. The van der Waals surface area contributed by atoms with Crippen LogP contribution in [-0.2, 0) is 0 Å². The van der Waals surface area contributed by atoms with Crippen LogP contribution >= 0.6 is 0 Å². The minimum atomic E-state index is 0.336. The second-order valence-corrected chi connectivity index (χ2v) is 3.68. The Hall–Kier alpha value is -2.63. The van der Waals surface area contributed by atoms with Gasteiger partial charge in [-0.1, -0.05) is 11.2 Å². The van der Waals surface area contributed by atoms with Crippen LogP contribution in [0.5, 0.6) is 0 Å². The van der Waals surface area contributed by atoms with E-state index in [0.717, 1.165) is 5.69 Å². The molecule has 0 aromatic carbocycles. The van der Waals surface area contributed by atoms with E-state index >= 15 is 0 Å². The summed E-state index contributed by atoms with van der Waals surface area (Å²) in [6.07, 6.45) is 4.93. The Morgan fingerprint density at radius 3 is 2.67 bits per heavy atom. The van der Waals surface area contributed by atoms with Gasteiger partial charge in [0.05, 0.1) is 11.9 Å². The highest BCUT2D eigenvalue weighted by Gasteiger charge is 2.12. The number of pyridine rings is 1. The Labute approximate surface area is 103 Å². The van der Waals surface area contributed by atoms with Crippen LogP contribution < -0.4 is 0 Å². The van der Waals surface area contributed by atoms with Gasteiger partial charge in [0.15, 0.2) is 0 Å². The van der Waals surface area contributed by atoms with E-state index in [1.807, 2.05) is 25.1 Å². The maximum atomic E-state index is 5.14. The molecule has 0 fully saturated rings. The van der Waals surface area contributed by atoms with Crippen molar-refractivity contribution in [3.8, 4) is 23.1 Å². The van der Waals surface area contributed by atoms with Gasteiger partial charge in [-0.3, -0.25) is 9.97 Å². The zero-order valence-electron chi connectivity index (χ0n) is 9.61. The van der Waals surface area contributed by atoms with Crippen molar-refractivity contribution >= 4 is 0 Å². The molecule has 0 unspecified atom stereocenters. The monoisotopic (exact) mass is 239 g/mol. The van der Waals surface area contributed by atoms with Crippen molar-refractivity contribution in [2.45, 2.75) is 6.92 Å². The molecule has 0 N–H and O–H groups in total. The first-order valence-electron chi connectivity index (χ1n) is 5.37. The fraction of sp³-hybridized carbons (Fsp3) is 0.0833. The van der Waals surface area contributed by atoms with Crippen molar-refractivity contribution in [1.82, 2.24) is 25.1 Å². The molecule has 0 bridgehead atoms. The summed E-state index contributed by atoms with van der Waals surface area (Å²) >= 11 is 0. The van der Waals surface area contributed by atoms with Crippen molar-refractivity contribution in [2.75, 3.05) is 0 Å². The van der Waals surface area contributed by atoms with Gasteiger partial charge in [-0.2, -0.15) is 4.98 Å². The Bertz CT molecular complexity index is 648. The SMILES string of the molecule is Cc1cnc(-c2nc(-c3ccccn3)no2)cn1. The van der Waals surface area contributed by atoms with Crippen LogP contribution in [0.1, 0.15) is 5.69 Å². The quantitative estimate of drug-likeness (QED) is 0.679. The van der Waals surface area contributed by atoms with Gasteiger partial charge in [0.25, 0.3) is 5.89 Å². The highest BCUT2D eigenvalue weighted by atomic mass is 16.5. The molecule has 88 valence electrons. The largest absolute Gasteiger partial charge is 0.332 e. The number of nitrogens with zero attached hydrogens (tertiary/aromatic N) is 5. The molecule has 3 rings (SSSR count). The highest BCUT2D eigenvalue weighted by molar-refractivity contribution is 5.53. The average molecular weight is 239 g/mol. The van der Waals surface area contributed by atoms with E-state index in [2.05, 4.69) is 25.1 Å². The van der Waals surface area contributed by atoms with Gasteiger partial charge in [0.1, 0.15) is 11.4 Å². The smallest absolute Gasteiger partial charge is 0.278 e. The molecular formula is C12H9N5O. The lowest BCUT2D eigenvalue weighted by Gasteiger charge is -1.92. The molecule has 0 amide bonds. The number of hydrogen-bond acceptors (Lipinski definition) is 6. The Morgan fingerprint density at radius 1 is 1.00 bits per heavy atom. The summed E-state index contributed by atoms with van der Waals surface area (Å²) in [5, 5.41) is 3.87. The molecule has 3 heterocycles. The van der Waals surface area contributed by atoms with Crippen LogP contribution in [0.25, 0.3) is 23.1 Å². The molecule has 0 saturated carbocycles. The Kier molecular flexibility index (Phi) is 2.53. The van der Waals surface area contributed by atoms with Gasteiger partial charge in [-0.05, 0) is 19.1 Å². The van der Waals surface area contributed by atoms with Crippen molar-refractivity contribution in [2.24, 2.45) is 0 Å². The molecule has 0 aliphatic rings. The molecule has 0 spiro atoms. The van der Waals surface area contributed by atoms with Gasteiger partial charge < -0.3 is 4.52 Å². The summed E-state index contributed by atoms with van der Waals surface area (Å²) in [4.78, 5) is 16.7. The summed E-state index contributed by atoms with van der Waals surface area (Å²) in [6, 6.07) is 5.51. The standard InChI is InChI=1S/C12H9N5O/c1-8-6-15-10(7-14-8)12-16-11(17-18-12)9-4-2-3-5-13-9/h2-7H,1H3. The zero-order chi connectivity index (χ0) is 12.4. The number of aryl methyl sites for hydroxylation is 1. The van der Waals surface area contributed by atoms with E-state index in [1.54, 1.807) is 18.6 Å². The third-order valence-corrected chi connectivity index (χ3v) is 2.32. The predicted octanol–water partition coefficient (Wildman–Crippen LogP) is 1.90. The molecule has 6 nitrogen and oxygen atoms in total. The molecule has 0 aliphatic heterocycles. The van der Waals surface area contributed by atoms with Crippen molar-refractivity contribution in [1.29, 1.82) is 0 Å². The van der Waals surface area contributed by atoms with E-state index in [0.29, 0.717) is 23.1 Å². The van der Waals surface area contributed by atoms with Gasteiger partial charge in [-0.25, -0.2) is 4.98 Å². The van der Waals surface area contributed by atoms with Crippen LogP contribution in [-0.4, -0.2) is 25.1 Å². The molecule has 18 heavy (non-hydrogen) atoms. The van der Waals surface area contributed by atoms with Crippen LogP contribution in [0.15, 0.2) is 41.3 Å². The normalized spacial score (nSPS) is 10.5. The first kappa shape index (κ1) is 10.5. The highest BCUT2D eigenvalue weighted by Crippen LogP contribution is 2.18. The third kappa shape index (κ3) is 1.95. The minimum absolute atomic E-state index is 0.336. The summed E-state index contributed by atoms with van der Waals surface area (Å²) < 4.78 is 5.14. The van der Waals surface area contributed by atoms with E-state index in [1.165, 1.54) is 0 Å². The van der Waals surface area contributed by atoms with Crippen LogP contribution in [0.2, 0.25) is 0 Å². The lowest BCUT2D eigenvalue weighted by atomic mass is 10.3. The fourth-order valence-electron chi connectivity index (χ4n) is 1.43. The topological polar surface area (TPSA) is 77.6 Å². The van der Waals surface area contributed by atoms with E-state index in [-0.39, 0.29) is 0 Å². The summed E-state index contributed by atoms with van der Waals surface area (Å²) in [7, 11) is 0. The van der Waals surface area contributed by atoms with Crippen molar-refractivity contribution in [3.05, 3.63) is 42.5 Å². The van der Waals surface area contributed by atoms with Gasteiger partial charge >= 0.3 is 0 Å². The van der Waals surface area contributed by atoms with Crippen molar-refractivity contribution in [3.63, 3.8) is 0 Å². The number of hydrogen-bond donors (Lipinski definition) is 0. The maximum absolute atomic E-state index is 5.14. The fourth-order valence-corrected chi connectivity index (χ4v) is 1.43. The van der Waals surface area contributed by atoms with E-state index in [9.17, 15) is 0 Å². The summed E-state index contributed by atoms with van der Waals surface area (Å²) in [5.74, 6) is 0.774. The van der Waals surface area contributed by atoms with Crippen LogP contribution in [0.4, 0.5) is 0 Å². The molecule has 0 radical (unpaired) electrons. The maximum Gasteiger partial charge on any atom is 0.278 e. The second kappa shape index (κ2) is 4.33. The molecule has 6 heteroatoms. The molecule has 0 aliphatic carbocycles. The minimum Gasteiger partial charge on any atom is -0.332 e. The van der Waals surface area contributed by atoms with Gasteiger partial charge in [0, 0.05) is 12.4 Å². The molecule has 0 atom stereocenters. The number of aromatic nitrogens is 5. The molecule has 0 saturated heterocycles. The summed E-state index contributed by atoms with van der Waals surface area (Å²) in [6.45, 7) is 1.86. The number of rotatable bonds is 2. The van der Waals surface area contributed by atoms with Crippen LogP contribution in [0, 0.1) is 6.92 Å². The van der Waals surface area contributed by atoms with E-state index < -0.39 is 0 Å². The third-order valence-electron chi connectivity index (χ3n) is 2.32. The Balaban J connectivity index is 1.97. The lowest BCUT2D eigenvalue weighted by molar-refractivity contribution is 0.430. The first-order valence-corrected chi connectivity index (χ1v) is 5.37. The summed E-state index contributed by atoms with van der Waals surface area (Å²) in [5.41, 5.74) is 2.05. The van der Waals surface area contributed by atoms with Gasteiger partial charge in [0.2, 0.25) is 5.82 Å². The van der Waals surface area contributed by atoms with E-state index in [4.69, 9.17) is 4.52 Å². The lowest BCUT2D eigenvalue weighted by Crippen LogP contribution is -1.88. The predicted molar refractivity (Wildman–Crippen MR) is 63.3 cm³/mol. The average Bonchev–Trinajstić information content (AvgIpc) is 2.90. The van der Waals surface area contributed by atoms with Crippen molar-refractivity contribution < 1.29 is 4.52 Å². The van der Waals surface area contributed by atoms with Crippen LogP contribution in [0.3, 0.4) is 0 Å². The molecular weight excluding hydrogens is 230 g/mol. The molecule has 3 aromatic rings. The Morgan fingerprint density at radius 2 is 1.94 bits per heavy atom. The second-order valence-electron chi connectivity index (χ2n) is 3.68.